The summed E-state index contributed by atoms with van der Waals surface area (Å²) >= 11 is 0. The van der Waals surface area contributed by atoms with Crippen LogP contribution in [0.3, 0.4) is 0 Å². The molecule has 3 aromatic carbocycles. The number of anilines is 1. The lowest BCUT2D eigenvalue weighted by Gasteiger charge is -2.42. The lowest BCUT2D eigenvalue weighted by Crippen LogP contribution is -2.66. The van der Waals surface area contributed by atoms with Crippen molar-refractivity contribution in [1.82, 2.24) is 15.2 Å². The van der Waals surface area contributed by atoms with E-state index in [0.717, 1.165) is 16.5 Å². The fourth-order valence-electron chi connectivity index (χ4n) is 5.01. The number of nitrogens with zero attached hydrogens (tertiary/aromatic N) is 3. The maximum absolute atomic E-state index is 6.90. The molecule has 0 spiro atoms. The van der Waals surface area contributed by atoms with Crippen LogP contribution >= 0.6 is 0 Å². The number of nitrogens with one attached hydrogen (secondary N) is 1. The van der Waals surface area contributed by atoms with Crippen LogP contribution in [0, 0.1) is 11.8 Å². The molecule has 0 unspecified atom stereocenters. The molecule has 5 rings (SSSR count). The van der Waals surface area contributed by atoms with Crippen LogP contribution in [0.2, 0.25) is 5.04 Å². The summed E-state index contributed by atoms with van der Waals surface area (Å²) in [5.74, 6) is 7.11. The van der Waals surface area contributed by atoms with E-state index in [1.165, 1.54) is 10.4 Å². The van der Waals surface area contributed by atoms with Crippen molar-refractivity contribution in [3.05, 3.63) is 121 Å². The minimum atomic E-state index is -2.65. The zero-order valence-corrected chi connectivity index (χ0v) is 23.6. The molecule has 0 radical (unpaired) electrons. The molecule has 0 aliphatic rings. The van der Waals surface area contributed by atoms with E-state index in [1.54, 1.807) is 6.20 Å². The monoisotopic (exact) mass is 528 g/mol. The third-order valence-corrected chi connectivity index (χ3v) is 11.8. The molecule has 194 valence electrons. The van der Waals surface area contributed by atoms with E-state index in [2.05, 4.69) is 114 Å². The van der Waals surface area contributed by atoms with Gasteiger partial charge in [-0.3, -0.25) is 4.98 Å². The molecule has 0 atom stereocenters. The fourth-order valence-corrected chi connectivity index (χ4v) is 9.45. The summed E-state index contributed by atoms with van der Waals surface area (Å²) in [5.41, 5.74) is 2.50. The largest absolute Gasteiger partial charge is 0.396 e. The van der Waals surface area contributed by atoms with E-state index in [-0.39, 0.29) is 11.6 Å². The van der Waals surface area contributed by atoms with Crippen LogP contribution in [-0.4, -0.2) is 30.1 Å². The predicted octanol–water partition coefficient (Wildman–Crippen LogP) is 5.57. The SMILES string of the molecule is CC(C)(C)[Si](OCC#Cc1nnc(NCc2ccccc2)c2ncccc12)(c1ccccc1)c1ccccc1. The number of hydrogen-bond acceptors (Lipinski definition) is 5. The molecular weight excluding hydrogens is 496 g/mol. The summed E-state index contributed by atoms with van der Waals surface area (Å²) in [5, 5.41) is 15.5. The molecule has 5 aromatic rings. The molecule has 2 heterocycles. The first kappa shape index (κ1) is 26.3. The van der Waals surface area contributed by atoms with E-state index in [1.807, 2.05) is 42.5 Å². The van der Waals surface area contributed by atoms with Crippen molar-refractivity contribution in [1.29, 1.82) is 0 Å². The second kappa shape index (κ2) is 11.6. The summed E-state index contributed by atoms with van der Waals surface area (Å²) in [4.78, 5) is 4.58. The molecule has 1 N–H and O–H groups in total. The number of benzene rings is 3. The Morgan fingerprint density at radius 1 is 0.769 bits per heavy atom. The van der Waals surface area contributed by atoms with Gasteiger partial charge in [-0.15, -0.1) is 10.2 Å². The number of fused-ring (bicyclic) bond motifs is 1. The van der Waals surface area contributed by atoms with Crippen molar-refractivity contribution < 1.29 is 4.43 Å². The molecule has 0 aliphatic carbocycles. The van der Waals surface area contributed by atoms with Crippen LogP contribution in [0.1, 0.15) is 32.0 Å². The van der Waals surface area contributed by atoms with Gasteiger partial charge in [0.05, 0.1) is 6.61 Å². The van der Waals surface area contributed by atoms with Crippen LogP contribution in [-0.2, 0) is 11.0 Å². The van der Waals surface area contributed by atoms with Crippen LogP contribution in [0.4, 0.5) is 5.82 Å². The Morgan fingerprint density at radius 2 is 1.38 bits per heavy atom. The highest BCUT2D eigenvalue weighted by molar-refractivity contribution is 6.99. The van der Waals surface area contributed by atoms with Crippen molar-refractivity contribution in [3.63, 3.8) is 0 Å². The fraction of sp³-hybridized carbons (Fsp3) is 0.182. The summed E-state index contributed by atoms with van der Waals surface area (Å²) in [7, 11) is -2.65. The zero-order valence-electron chi connectivity index (χ0n) is 22.6. The summed E-state index contributed by atoms with van der Waals surface area (Å²) in [6.07, 6.45) is 1.76. The van der Waals surface area contributed by atoms with Crippen molar-refractivity contribution >= 4 is 35.4 Å². The summed E-state index contributed by atoms with van der Waals surface area (Å²) in [6.45, 7) is 7.71. The second-order valence-electron chi connectivity index (χ2n) is 10.4. The molecule has 2 aromatic heterocycles. The lowest BCUT2D eigenvalue weighted by molar-refractivity contribution is 0.346. The van der Waals surface area contributed by atoms with Crippen LogP contribution in [0.25, 0.3) is 10.9 Å². The molecular formula is C33H32N4OSi. The average molecular weight is 529 g/mol. The van der Waals surface area contributed by atoms with Gasteiger partial charge in [-0.05, 0) is 39.0 Å². The minimum Gasteiger partial charge on any atom is -0.396 e. The van der Waals surface area contributed by atoms with Gasteiger partial charge in [-0.1, -0.05) is 118 Å². The minimum absolute atomic E-state index is 0.111. The normalized spacial score (nSPS) is 11.6. The summed E-state index contributed by atoms with van der Waals surface area (Å²) < 4.78 is 6.90. The molecule has 5 nitrogen and oxygen atoms in total. The van der Waals surface area contributed by atoms with Crippen LogP contribution < -0.4 is 15.7 Å². The zero-order chi connectivity index (χ0) is 27.1. The molecule has 0 bridgehead atoms. The van der Waals surface area contributed by atoms with Gasteiger partial charge in [0.25, 0.3) is 8.32 Å². The Morgan fingerprint density at radius 3 is 2.00 bits per heavy atom. The molecule has 6 heteroatoms. The van der Waals surface area contributed by atoms with Gasteiger partial charge in [-0.25, -0.2) is 0 Å². The van der Waals surface area contributed by atoms with E-state index >= 15 is 0 Å². The molecule has 0 amide bonds. The highest BCUT2D eigenvalue weighted by Crippen LogP contribution is 2.36. The van der Waals surface area contributed by atoms with Crippen LogP contribution in [0.5, 0.6) is 0 Å². The Labute approximate surface area is 231 Å². The molecule has 0 aliphatic heterocycles. The average Bonchev–Trinajstić information content (AvgIpc) is 2.97. The van der Waals surface area contributed by atoms with E-state index < -0.39 is 8.32 Å². The highest BCUT2D eigenvalue weighted by atomic mass is 28.4. The standard InChI is InChI=1S/C33H32N4OSi/c1-33(2,3)39(27-17-9-5-10-18-27,28-19-11-6-12-20-28)38-24-14-22-30-29-21-13-23-34-31(29)32(37-36-30)35-25-26-15-7-4-8-16-26/h4-13,15-21,23H,24-25H2,1-3H3,(H,35,37). The van der Waals surface area contributed by atoms with Crippen molar-refractivity contribution in [2.45, 2.75) is 32.4 Å². The topological polar surface area (TPSA) is 59.9 Å². The van der Waals surface area contributed by atoms with Gasteiger partial charge in [0.15, 0.2) is 5.82 Å². The first-order valence-corrected chi connectivity index (χ1v) is 15.0. The molecule has 0 fully saturated rings. The van der Waals surface area contributed by atoms with Crippen molar-refractivity contribution in [2.75, 3.05) is 11.9 Å². The van der Waals surface area contributed by atoms with Crippen molar-refractivity contribution in [3.8, 4) is 11.8 Å². The Balaban J connectivity index is 1.44. The number of hydrogen-bond donors (Lipinski definition) is 1. The lowest BCUT2D eigenvalue weighted by atomic mass is 10.2. The van der Waals surface area contributed by atoms with Gasteiger partial charge in [0.2, 0.25) is 0 Å². The third kappa shape index (κ3) is 5.60. The Hall–Kier alpha value is -4.31. The number of rotatable bonds is 7. The summed E-state index contributed by atoms with van der Waals surface area (Å²) in [6, 6.07) is 35.2. The number of aromatic nitrogens is 3. The molecule has 39 heavy (non-hydrogen) atoms. The highest BCUT2D eigenvalue weighted by Gasteiger charge is 2.49. The van der Waals surface area contributed by atoms with E-state index in [0.29, 0.717) is 18.1 Å². The van der Waals surface area contributed by atoms with Gasteiger partial charge in [-0.2, -0.15) is 0 Å². The first-order valence-electron chi connectivity index (χ1n) is 13.1. The van der Waals surface area contributed by atoms with Gasteiger partial charge >= 0.3 is 0 Å². The van der Waals surface area contributed by atoms with Gasteiger partial charge in [0.1, 0.15) is 11.2 Å². The molecule has 0 saturated heterocycles. The van der Waals surface area contributed by atoms with Gasteiger partial charge in [0, 0.05) is 18.1 Å². The Bertz CT molecular complexity index is 1550. The predicted molar refractivity (Wildman–Crippen MR) is 162 cm³/mol. The van der Waals surface area contributed by atoms with Crippen molar-refractivity contribution in [2.24, 2.45) is 0 Å². The maximum Gasteiger partial charge on any atom is 0.262 e. The second-order valence-corrected chi connectivity index (χ2v) is 14.7. The smallest absolute Gasteiger partial charge is 0.262 e. The maximum atomic E-state index is 6.90. The van der Waals surface area contributed by atoms with E-state index in [9.17, 15) is 0 Å². The third-order valence-electron chi connectivity index (χ3n) is 6.82. The van der Waals surface area contributed by atoms with Crippen LogP contribution in [0.15, 0.2) is 109 Å². The first-order chi connectivity index (χ1) is 19.0. The Kier molecular flexibility index (Phi) is 7.83. The van der Waals surface area contributed by atoms with Gasteiger partial charge < -0.3 is 9.74 Å². The quantitative estimate of drug-likeness (QED) is 0.221. The number of pyridine rings is 1. The van der Waals surface area contributed by atoms with E-state index in [4.69, 9.17) is 4.43 Å². The molecule has 0 saturated carbocycles.